The summed E-state index contributed by atoms with van der Waals surface area (Å²) < 4.78 is 17.4. The molecule has 10 nitrogen and oxygen atoms in total. The molecule has 2 amide bonds. The Morgan fingerprint density at radius 3 is 2.39 bits per heavy atom. The second-order valence-electron chi connectivity index (χ2n) is 10.4. The van der Waals surface area contributed by atoms with Crippen LogP contribution in [0.1, 0.15) is 62.9 Å². The van der Waals surface area contributed by atoms with Crippen molar-refractivity contribution in [3.8, 4) is 0 Å². The molecule has 2 aliphatic rings. The van der Waals surface area contributed by atoms with Gasteiger partial charge in [0.25, 0.3) is 11.5 Å². The Hall–Kier alpha value is -2.95. The molecule has 0 saturated carbocycles. The number of piperidine rings is 1. The van der Waals surface area contributed by atoms with Crippen LogP contribution in [0.5, 0.6) is 0 Å². The van der Waals surface area contributed by atoms with Crippen LogP contribution in [0.4, 0.5) is 4.79 Å². The predicted octanol–water partition coefficient (Wildman–Crippen LogP) is 3.34. The van der Waals surface area contributed by atoms with Crippen LogP contribution in [0.3, 0.4) is 0 Å². The van der Waals surface area contributed by atoms with Crippen LogP contribution in [0.15, 0.2) is 35.1 Å². The number of hydrogen-bond donors (Lipinski definition) is 1. The summed E-state index contributed by atoms with van der Waals surface area (Å²) >= 11 is 0. The average molecular weight is 529 g/mol. The zero-order valence-corrected chi connectivity index (χ0v) is 23.2. The van der Waals surface area contributed by atoms with Crippen molar-refractivity contribution >= 4 is 22.9 Å². The topological polar surface area (TPSA) is 102 Å². The summed E-state index contributed by atoms with van der Waals surface area (Å²) in [5.74, 6) is -0.359. The highest BCUT2D eigenvalue weighted by Gasteiger charge is 2.47. The van der Waals surface area contributed by atoms with Gasteiger partial charge in [0, 0.05) is 38.4 Å². The minimum atomic E-state index is -0.592. The summed E-state index contributed by atoms with van der Waals surface area (Å²) in [7, 11) is 4.42. The highest BCUT2D eigenvalue weighted by molar-refractivity contribution is 5.97. The van der Waals surface area contributed by atoms with Crippen molar-refractivity contribution in [1.29, 1.82) is 0 Å². The fraction of sp³-hybridized carbons (Fsp3) is 0.607. The number of para-hydroxylation sites is 1. The van der Waals surface area contributed by atoms with Gasteiger partial charge in [-0.15, -0.1) is 0 Å². The third-order valence-electron chi connectivity index (χ3n) is 8.06. The number of fused-ring (bicyclic) bond motifs is 3. The highest BCUT2D eigenvalue weighted by atomic mass is 16.7. The number of carbonyl (C=O) groups is 2. The van der Waals surface area contributed by atoms with Gasteiger partial charge in [-0.1, -0.05) is 18.2 Å². The summed E-state index contributed by atoms with van der Waals surface area (Å²) in [4.78, 5) is 43.6. The lowest BCUT2D eigenvalue weighted by Crippen LogP contribution is -2.62. The quantitative estimate of drug-likeness (QED) is 0.498. The Morgan fingerprint density at radius 2 is 1.74 bits per heavy atom. The Bertz CT molecular complexity index is 1210. The van der Waals surface area contributed by atoms with E-state index in [1.54, 1.807) is 15.5 Å². The van der Waals surface area contributed by atoms with Gasteiger partial charge in [-0.25, -0.2) is 4.79 Å². The number of hydrogen-bond acceptors (Lipinski definition) is 7. The normalized spacial score (nSPS) is 22.2. The summed E-state index contributed by atoms with van der Waals surface area (Å²) in [5, 5.41) is 4.04. The summed E-state index contributed by atoms with van der Waals surface area (Å²) in [5.41, 5.74) is 0.675. The number of pyridine rings is 1. The molecule has 208 valence electrons. The van der Waals surface area contributed by atoms with E-state index in [2.05, 4.69) is 10.2 Å². The van der Waals surface area contributed by atoms with Gasteiger partial charge in [-0.3, -0.25) is 19.4 Å². The molecule has 2 bridgehead atoms. The molecule has 38 heavy (non-hydrogen) atoms. The number of nitrogens with one attached hydrogen (secondary N) is 1. The van der Waals surface area contributed by atoms with Crippen molar-refractivity contribution in [2.45, 2.75) is 83.1 Å². The SMILES string of the molecule is COC(=O)N(CC(OC)OC)C(C)N1C2CCC(NC(=O)c3cc4ccccc4n(C(C)C)c3=O)C1CC2. The molecular formula is C28H40N4O6. The molecule has 3 heterocycles. The second-order valence-corrected chi connectivity index (χ2v) is 10.4. The number of ether oxygens (including phenoxy) is 3. The van der Waals surface area contributed by atoms with E-state index in [4.69, 9.17) is 14.2 Å². The molecule has 2 fully saturated rings. The summed E-state index contributed by atoms with van der Waals surface area (Å²) in [6, 6.07) is 9.40. The molecule has 2 aliphatic heterocycles. The van der Waals surface area contributed by atoms with E-state index in [1.807, 2.05) is 45.0 Å². The molecule has 1 N–H and O–H groups in total. The van der Waals surface area contributed by atoms with E-state index < -0.39 is 12.4 Å². The van der Waals surface area contributed by atoms with Crippen LogP contribution >= 0.6 is 0 Å². The Balaban J connectivity index is 1.59. The van der Waals surface area contributed by atoms with Crippen molar-refractivity contribution in [3.63, 3.8) is 0 Å². The fourth-order valence-electron chi connectivity index (χ4n) is 6.22. The van der Waals surface area contributed by atoms with Crippen LogP contribution in [-0.2, 0) is 14.2 Å². The molecule has 2 saturated heterocycles. The van der Waals surface area contributed by atoms with Crippen molar-refractivity contribution < 1.29 is 23.8 Å². The van der Waals surface area contributed by atoms with Crippen LogP contribution in [-0.4, -0.2) is 84.8 Å². The monoisotopic (exact) mass is 528 g/mol. The molecule has 0 aliphatic carbocycles. The van der Waals surface area contributed by atoms with Gasteiger partial charge in [-0.2, -0.15) is 0 Å². The lowest BCUT2D eigenvalue weighted by molar-refractivity contribution is -0.127. The molecule has 0 radical (unpaired) electrons. The molecule has 4 atom stereocenters. The maximum atomic E-state index is 13.6. The maximum absolute atomic E-state index is 13.6. The van der Waals surface area contributed by atoms with Crippen molar-refractivity contribution in [1.82, 2.24) is 19.7 Å². The lowest BCUT2D eigenvalue weighted by atomic mass is 9.96. The Labute approximate surface area is 223 Å². The van der Waals surface area contributed by atoms with E-state index >= 15 is 0 Å². The molecule has 1 aromatic heterocycles. The number of carbonyl (C=O) groups excluding carboxylic acids is 2. The largest absolute Gasteiger partial charge is 0.453 e. The fourth-order valence-corrected chi connectivity index (χ4v) is 6.22. The third-order valence-corrected chi connectivity index (χ3v) is 8.06. The first kappa shape index (κ1) is 28.1. The summed E-state index contributed by atoms with van der Waals surface area (Å²) in [6.07, 6.45) is 2.20. The zero-order chi connectivity index (χ0) is 27.6. The molecule has 10 heteroatoms. The van der Waals surface area contributed by atoms with Gasteiger partial charge in [-0.05, 0) is 64.0 Å². The molecule has 2 aromatic rings. The van der Waals surface area contributed by atoms with Gasteiger partial charge < -0.3 is 24.1 Å². The summed E-state index contributed by atoms with van der Waals surface area (Å²) in [6.45, 7) is 6.07. The number of aromatic nitrogens is 1. The standard InChI is InChI=1S/C28H40N4O6/c1-17(2)31-23-10-8-7-9-19(23)15-21(27(31)34)26(33)29-22-13-11-20-12-14-24(22)32(20)18(3)30(28(35)38-6)16-25(36-4)37-5/h7-10,15,17-18,20,22,24-25H,11-14,16H2,1-6H3,(H,29,33). The van der Waals surface area contributed by atoms with E-state index in [-0.39, 0.29) is 53.9 Å². The second kappa shape index (κ2) is 11.8. The van der Waals surface area contributed by atoms with Crippen LogP contribution in [0.25, 0.3) is 10.9 Å². The van der Waals surface area contributed by atoms with Gasteiger partial charge >= 0.3 is 6.09 Å². The van der Waals surface area contributed by atoms with Crippen molar-refractivity contribution in [2.75, 3.05) is 27.9 Å². The molecule has 4 unspecified atom stereocenters. The predicted molar refractivity (Wildman–Crippen MR) is 144 cm³/mol. The first-order valence-corrected chi connectivity index (χ1v) is 13.3. The highest BCUT2D eigenvalue weighted by Crippen LogP contribution is 2.38. The van der Waals surface area contributed by atoms with Gasteiger partial charge in [0.2, 0.25) is 0 Å². The number of methoxy groups -OCH3 is 3. The zero-order valence-electron chi connectivity index (χ0n) is 23.2. The Kier molecular flexibility index (Phi) is 8.74. The van der Waals surface area contributed by atoms with Gasteiger partial charge in [0.1, 0.15) is 5.56 Å². The van der Waals surface area contributed by atoms with Crippen LogP contribution in [0, 0.1) is 0 Å². The number of benzene rings is 1. The maximum Gasteiger partial charge on any atom is 0.410 e. The Morgan fingerprint density at radius 1 is 1.05 bits per heavy atom. The minimum Gasteiger partial charge on any atom is -0.453 e. The molecular weight excluding hydrogens is 488 g/mol. The first-order chi connectivity index (χ1) is 18.2. The van der Waals surface area contributed by atoms with E-state index in [0.717, 1.165) is 36.6 Å². The number of amides is 2. The van der Waals surface area contributed by atoms with Gasteiger partial charge in [0.15, 0.2) is 6.29 Å². The molecule has 4 rings (SSSR count). The van der Waals surface area contributed by atoms with E-state index in [0.29, 0.717) is 0 Å². The van der Waals surface area contributed by atoms with Gasteiger partial charge in [0.05, 0.1) is 25.3 Å². The minimum absolute atomic E-state index is 0.0242. The van der Waals surface area contributed by atoms with E-state index in [1.165, 1.54) is 21.3 Å². The average Bonchev–Trinajstić information content (AvgIpc) is 3.23. The molecule has 0 spiro atoms. The van der Waals surface area contributed by atoms with Crippen LogP contribution in [0.2, 0.25) is 0 Å². The smallest absolute Gasteiger partial charge is 0.410 e. The first-order valence-electron chi connectivity index (χ1n) is 13.3. The lowest BCUT2D eigenvalue weighted by Gasteiger charge is -2.46. The molecule has 1 aromatic carbocycles. The van der Waals surface area contributed by atoms with Crippen molar-refractivity contribution in [3.05, 3.63) is 46.2 Å². The number of nitrogens with zero attached hydrogens (tertiary/aromatic N) is 3. The van der Waals surface area contributed by atoms with Crippen molar-refractivity contribution in [2.24, 2.45) is 0 Å². The number of rotatable bonds is 9. The van der Waals surface area contributed by atoms with Crippen LogP contribution < -0.4 is 10.9 Å². The van der Waals surface area contributed by atoms with E-state index in [9.17, 15) is 14.4 Å². The third kappa shape index (κ3) is 5.30.